The molecule has 3 aromatic rings. The molecular weight excluding hydrogens is 470 g/mol. The first-order valence-corrected chi connectivity index (χ1v) is 9.64. The number of esters is 2. The van der Waals surface area contributed by atoms with Gasteiger partial charge in [-0.05, 0) is 15.9 Å². The Kier molecular flexibility index (Phi) is 5.36. The van der Waals surface area contributed by atoms with Crippen molar-refractivity contribution in [3.8, 4) is 0 Å². The highest BCUT2D eigenvalue weighted by atomic mass is 79.9. The predicted octanol–water partition coefficient (Wildman–Crippen LogP) is 0.461. The summed E-state index contributed by atoms with van der Waals surface area (Å²) in [5.74, 6) is -1.41. The van der Waals surface area contributed by atoms with Crippen LogP contribution in [0.1, 0.15) is 25.6 Å². The number of nitrogen functional groups attached to an aromatic ring is 1. The summed E-state index contributed by atoms with van der Waals surface area (Å²) in [4.78, 5) is 53.6. The standard InChI is InChI=1S/C16H16BrN5O6S/c1-20-11-8(12(23)21(2)16(20)26)19-15(17)22(11)5-6-7(13(24)27-3)10(18)29-9(6)14(25)28-4/h5,18H2,1-4H3. The van der Waals surface area contributed by atoms with Gasteiger partial charge in [0.25, 0.3) is 5.56 Å². The number of nitrogens with zero attached hydrogens (tertiary/aromatic N) is 4. The maximum absolute atomic E-state index is 12.5. The van der Waals surface area contributed by atoms with Gasteiger partial charge in [0.15, 0.2) is 15.9 Å². The van der Waals surface area contributed by atoms with Crippen LogP contribution in [0.25, 0.3) is 11.2 Å². The Morgan fingerprint density at radius 3 is 2.34 bits per heavy atom. The summed E-state index contributed by atoms with van der Waals surface area (Å²) in [7, 11) is 5.23. The van der Waals surface area contributed by atoms with Crippen molar-refractivity contribution in [1.29, 1.82) is 0 Å². The van der Waals surface area contributed by atoms with Crippen molar-refractivity contribution < 1.29 is 19.1 Å². The highest BCUT2D eigenvalue weighted by molar-refractivity contribution is 9.10. The highest BCUT2D eigenvalue weighted by Gasteiger charge is 2.29. The molecule has 0 radical (unpaired) electrons. The van der Waals surface area contributed by atoms with E-state index in [9.17, 15) is 19.2 Å². The van der Waals surface area contributed by atoms with Crippen LogP contribution >= 0.6 is 27.3 Å². The number of ether oxygens (including phenoxy) is 2. The summed E-state index contributed by atoms with van der Waals surface area (Å²) in [6, 6.07) is 0. The third kappa shape index (κ3) is 3.15. The number of aromatic nitrogens is 4. The molecule has 0 aliphatic heterocycles. The van der Waals surface area contributed by atoms with E-state index in [0.29, 0.717) is 0 Å². The quantitative estimate of drug-likeness (QED) is 0.415. The molecule has 0 spiro atoms. The molecule has 0 aliphatic rings. The lowest BCUT2D eigenvalue weighted by atomic mass is 10.1. The SMILES string of the molecule is COC(=O)c1sc(N)c(C(=O)OC)c1Cn1c(Br)nc2c(=O)n(C)c(=O)n(C)c21. The smallest absolute Gasteiger partial charge is 0.348 e. The van der Waals surface area contributed by atoms with Gasteiger partial charge in [-0.2, -0.15) is 0 Å². The summed E-state index contributed by atoms with van der Waals surface area (Å²) >= 11 is 4.16. The molecule has 154 valence electrons. The fourth-order valence-corrected chi connectivity index (χ4v) is 4.44. The third-order valence-electron chi connectivity index (χ3n) is 4.40. The number of aryl methyl sites for hydroxylation is 1. The van der Waals surface area contributed by atoms with Crippen molar-refractivity contribution in [1.82, 2.24) is 18.7 Å². The van der Waals surface area contributed by atoms with Crippen molar-refractivity contribution >= 4 is 55.4 Å². The number of hydrogen-bond donors (Lipinski definition) is 1. The third-order valence-corrected chi connectivity index (χ3v) is 6.05. The minimum Gasteiger partial charge on any atom is -0.465 e. The lowest BCUT2D eigenvalue weighted by Crippen LogP contribution is -2.37. The average molecular weight is 486 g/mol. The molecule has 0 saturated heterocycles. The maximum Gasteiger partial charge on any atom is 0.348 e. The maximum atomic E-state index is 12.5. The fraction of sp³-hybridized carbons (Fsp3) is 0.312. The molecule has 13 heteroatoms. The monoisotopic (exact) mass is 485 g/mol. The van der Waals surface area contributed by atoms with Crippen molar-refractivity contribution in [2.45, 2.75) is 6.54 Å². The Morgan fingerprint density at radius 2 is 1.76 bits per heavy atom. The number of rotatable bonds is 4. The second-order valence-corrected chi connectivity index (χ2v) is 7.74. The van der Waals surface area contributed by atoms with Crippen LogP contribution in [0.2, 0.25) is 0 Å². The fourth-order valence-electron chi connectivity index (χ4n) is 2.98. The van der Waals surface area contributed by atoms with Gasteiger partial charge >= 0.3 is 17.6 Å². The van der Waals surface area contributed by atoms with E-state index < -0.39 is 23.2 Å². The lowest BCUT2D eigenvalue weighted by Gasteiger charge is -2.11. The number of carbonyl (C=O) groups is 2. The molecule has 2 N–H and O–H groups in total. The number of methoxy groups -OCH3 is 2. The Bertz CT molecular complexity index is 1280. The number of imidazole rings is 1. The van der Waals surface area contributed by atoms with Crippen LogP contribution in [0.15, 0.2) is 14.3 Å². The zero-order valence-electron chi connectivity index (χ0n) is 15.8. The van der Waals surface area contributed by atoms with Crippen LogP contribution in [-0.2, 0) is 30.1 Å². The molecular formula is C16H16BrN5O6S. The summed E-state index contributed by atoms with van der Waals surface area (Å²) in [6.45, 7) is -0.0971. The van der Waals surface area contributed by atoms with Crippen molar-refractivity contribution in [3.63, 3.8) is 0 Å². The van der Waals surface area contributed by atoms with Gasteiger partial charge in [0.2, 0.25) is 0 Å². The van der Waals surface area contributed by atoms with Gasteiger partial charge in [-0.3, -0.25) is 18.5 Å². The van der Waals surface area contributed by atoms with Crippen molar-refractivity contribution in [3.05, 3.63) is 41.6 Å². The molecule has 3 heterocycles. The summed E-state index contributed by atoms with van der Waals surface area (Å²) in [5, 5.41) is 0.0811. The number of nitrogens with two attached hydrogens (primary N) is 1. The van der Waals surface area contributed by atoms with Gasteiger partial charge in [-0.25, -0.2) is 19.4 Å². The molecule has 3 rings (SSSR count). The molecule has 0 fully saturated rings. The van der Waals surface area contributed by atoms with Crippen LogP contribution in [0.4, 0.5) is 5.00 Å². The van der Waals surface area contributed by atoms with Crippen LogP contribution in [0.5, 0.6) is 0 Å². The lowest BCUT2D eigenvalue weighted by molar-refractivity contribution is 0.0601. The largest absolute Gasteiger partial charge is 0.465 e. The van der Waals surface area contributed by atoms with E-state index in [-0.39, 0.29) is 43.4 Å². The Balaban J connectivity index is 2.34. The van der Waals surface area contributed by atoms with Gasteiger partial charge in [0.1, 0.15) is 9.88 Å². The van der Waals surface area contributed by atoms with E-state index in [4.69, 9.17) is 15.2 Å². The minimum atomic E-state index is -0.728. The molecule has 0 aliphatic carbocycles. The number of thiophene rings is 1. The molecule has 3 aromatic heterocycles. The molecule has 0 unspecified atom stereocenters. The Morgan fingerprint density at radius 1 is 1.14 bits per heavy atom. The average Bonchev–Trinajstić information content (AvgIpc) is 3.21. The van der Waals surface area contributed by atoms with E-state index in [1.807, 2.05) is 0 Å². The Labute approximate surface area is 175 Å². The van der Waals surface area contributed by atoms with Crippen LogP contribution in [-0.4, -0.2) is 44.8 Å². The highest BCUT2D eigenvalue weighted by Crippen LogP contribution is 2.34. The minimum absolute atomic E-state index is 0.0143. The first kappa shape index (κ1) is 20.8. The normalized spacial score (nSPS) is 11.1. The molecule has 0 bridgehead atoms. The molecule has 29 heavy (non-hydrogen) atoms. The second-order valence-electron chi connectivity index (χ2n) is 5.98. The van der Waals surface area contributed by atoms with Gasteiger partial charge in [0, 0.05) is 19.7 Å². The van der Waals surface area contributed by atoms with E-state index in [1.54, 1.807) is 0 Å². The molecule has 0 aromatic carbocycles. The molecule has 0 amide bonds. The summed E-state index contributed by atoms with van der Waals surface area (Å²) < 4.78 is 13.5. The summed E-state index contributed by atoms with van der Waals surface area (Å²) in [6.07, 6.45) is 0. The number of anilines is 1. The van der Waals surface area contributed by atoms with E-state index in [1.165, 1.54) is 37.4 Å². The first-order valence-electron chi connectivity index (χ1n) is 8.03. The molecule has 0 atom stereocenters. The van der Waals surface area contributed by atoms with Crippen LogP contribution < -0.4 is 17.0 Å². The van der Waals surface area contributed by atoms with Crippen molar-refractivity contribution in [2.75, 3.05) is 20.0 Å². The second kappa shape index (κ2) is 7.48. The number of carbonyl (C=O) groups excluding carboxylic acids is 2. The van der Waals surface area contributed by atoms with Gasteiger partial charge in [-0.1, -0.05) is 0 Å². The Hall–Kier alpha value is -2.93. The van der Waals surface area contributed by atoms with Gasteiger partial charge < -0.3 is 15.2 Å². The number of hydrogen-bond acceptors (Lipinski definition) is 9. The molecule has 0 saturated carbocycles. The summed E-state index contributed by atoms with van der Waals surface area (Å²) in [5.41, 5.74) is 5.33. The van der Waals surface area contributed by atoms with Gasteiger partial charge in [0.05, 0.1) is 26.3 Å². The topological polar surface area (TPSA) is 140 Å². The van der Waals surface area contributed by atoms with E-state index in [0.717, 1.165) is 15.9 Å². The number of halogens is 1. The van der Waals surface area contributed by atoms with Gasteiger partial charge in [-0.15, -0.1) is 11.3 Å². The van der Waals surface area contributed by atoms with Crippen LogP contribution in [0, 0.1) is 0 Å². The van der Waals surface area contributed by atoms with E-state index in [2.05, 4.69) is 20.9 Å². The van der Waals surface area contributed by atoms with Crippen molar-refractivity contribution in [2.24, 2.45) is 14.1 Å². The van der Waals surface area contributed by atoms with Crippen LogP contribution in [0.3, 0.4) is 0 Å². The zero-order chi connectivity index (χ0) is 21.6. The number of fused-ring (bicyclic) bond motifs is 1. The predicted molar refractivity (Wildman–Crippen MR) is 108 cm³/mol. The zero-order valence-corrected chi connectivity index (χ0v) is 18.2. The first-order chi connectivity index (χ1) is 13.6. The van der Waals surface area contributed by atoms with E-state index >= 15 is 0 Å². The molecule has 11 nitrogen and oxygen atoms in total.